The van der Waals surface area contributed by atoms with Crippen molar-refractivity contribution in [3.05, 3.63) is 72.7 Å². The van der Waals surface area contributed by atoms with Crippen molar-refractivity contribution in [3.63, 3.8) is 0 Å². The van der Waals surface area contributed by atoms with E-state index >= 15 is 0 Å². The van der Waals surface area contributed by atoms with Gasteiger partial charge in [-0.05, 0) is 36.1 Å². The van der Waals surface area contributed by atoms with Gasteiger partial charge in [0.25, 0.3) is 5.69 Å². The zero-order chi connectivity index (χ0) is 15.4. The summed E-state index contributed by atoms with van der Waals surface area (Å²) in [6.45, 7) is 0. The molecule has 0 spiro atoms. The Morgan fingerprint density at radius 2 is 1.76 bits per heavy atom. The molecule has 0 aliphatic carbocycles. The van der Waals surface area contributed by atoms with E-state index in [4.69, 9.17) is 5.73 Å². The van der Waals surface area contributed by atoms with E-state index in [0.29, 0.717) is 6.42 Å². The largest absolute Gasteiger partial charge is 0.327 e. The first-order chi connectivity index (χ1) is 9.95. The highest BCUT2D eigenvalue weighted by molar-refractivity contribution is 9.10. The van der Waals surface area contributed by atoms with Gasteiger partial charge < -0.3 is 5.73 Å². The lowest BCUT2D eigenvalue weighted by molar-refractivity contribution is -0.384. The van der Waals surface area contributed by atoms with Crippen molar-refractivity contribution in [3.8, 4) is 0 Å². The van der Waals surface area contributed by atoms with Crippen LogP contribution in [0.25, 0.3) is 0 Å². The third kappa shape index (κ3) is 4.62. The van der Waals surface area contributed by atoms with Gasteiger partial charge in [0.1, 0.15) is 0 Å². The molecule has 0 fully saturated rings. The van der Waals surface area contributed by atoms with Crippen LogP contribution < -0.4 is 5.73 Å². The Hall–Kier alpha value is -1.24. The van der Waals surface area contributed by atoms with Gasteiger partial charge in [-0.15, -0.1) is 0 Å². The smallest absolute Gasteiger partial charge is 0.270 e. The van der Waals surface area contributed by atoms with Crippen molar-refractivity contribution < 1.29 is 4.92 Å². The maximum absolute atomic E-state index is 10.7. The minimum Gasteiger partial charge on any atom is -0.327 e. The van der Waals surface area contributed by atoms with E-state index in [2.05, 4.69) is 31.9 Å². The summed E-state index contributed by atoms with van der Waals surface area (Å²) in [6.07, 6.45) is 1.42. The summed E-state index contributed by atoms with van der Waals surface area (Å²) >= 11 is 6.77. The number of nitro groups is 1. The Labute approximate surface area is 139 Å². The number of nitro benzene ring substituents is 1. The SMILES string of the molecule is NC(Cc1ccc(Br)cc1)Cc1ccc([N+](=O)[O-])cc1Br. The fourth-order valence-electron chi connectivity index (χ4n) is 2.09. The Balaban J connectivity index is 2.04. The third-order valence-corrected chi connectivity index (χ3v) is 4.41. The van der Waals surface area contributed by atoms with E-state index in [-0.39, 0.29) is 11.7 Å². The molecule has 0 aliphatic heterocycles. The number of non-ortho nitro benzene ring substituents is 1. The second kappa shape index (κ2) is 7.15. The highest BCUT2D eigenvalue weighted by atomic mass is 79.9. The van der Waals surface area contributed by atoms with Gasteiger partial charge in [-0.1, -0.05) is 50.1 Å². The molecule has 0 saturated carbocycles. The molecule has 0 aromatic heterocycles. The molecule has 2 N–H and O–H groups in total. The quantitative estimate of drug-likeness (QED) is 0.588. The van der Waals surface area contributed by atoms with Crippen molar-refractivity contribution in [2.45, 2.75) is 18.9 Å². The highest BCUT2D eigenvalue weighted by Gasteiger charge is 2.12. The first-order valence-electron chi connectivity index (χ1n) is 6.38. The van der Waals surface area contributed by atoms with Crippen molar-refractivity contribution in [1.29, 1.82) is 0 Å². The van der Waals surface area contributed by atoms with Crippen molar-refractivity contribution in [2.24, 2.45) is 5.73 Å². The fourth-order valence-corrected chi connectivity index (χ4v) is 2.89. The molecule has 0 aliphatic rings. The number of hydrogen-bond donors (Lipinski definition) is 1. The van der Waals surface area contributed by atoms with Gasteiger partial charge in [0.2, 0.25) is 0 Å². The van der Waals surface area contributed by atoms with Gasteiger partial charge in [0.15, 0.2) is 0 Å². The van der Waals surface area contributed by atoms with Gasteiger partial charge in [0, 0.05) is 27.1 Å². The minimum absolute atomic E-state index is 0.0380. The Morgan fingerprint density at radius 1 is 1.10 bits per heavy atom. The summed E-state index contributed by atoms with van der Waals surface area (Å²) in [4.78, 5) is 10.3. The normalized spacial score (nSPS) is 12.1. The van der Waals surface area contributed by atoms with E-state index in [1.807, 2.05) is 24.3 Å². The molecule has 1 unspecified atom stereocenters. The van der Waals surface area contributed by atoms with Crippen LogP contribution in [0, 0.1) is 10.1 Å². The standard InChI is InChI=1S/C15H14Br2N2O2/c16-12-4-1-10(2-5-12)7-13(18)8-11-3-6-14(19(20)21)9-15(11)17/h1-6,9,13H,7-8,18H2. The van der Waals surface area contributed by atoms with Crippen molar-refractivity contribution in [1.82, 2.24) is 0 Å². The fraction of sp³-hybridized carbons (Fsp3) is 0.200. The van der Waals surface area contributed by atoms with Gasteiger partial charge >= 0.3 is 0 Å². The molecule has 110 valence electrons. The molecular weight excluding hydrogens is 400 g/mol. The number of hydrogen-bond acceptors (Lipinski definition) is 3. The lowest BCUT2D eigenvalue weighted by Crippen LogP contribution is -2.25. The molecule has 2 aromatic rings. The van der Waals surface area contributed by atoms with Crippen molar-refractivity contribution >= 4 is 37.5 Å². The minimum atomic E-state index is -0.406. The van der Waals surface area contributed by atoms with E-state index < -0.39 is 4.92 Å². The molecule has 4 nitrogen and oxygen atoms in total. The van der Waals surface area contributed by atoms with Crippen molar-refractivity contribution in [2.75, 3.05) is 0 Å². The van der Waals surface area contributed by atoms with Crippen LogP contribution in [0.5, 0.6) is 0 Å². The molecule has 2 rings (SSSR count). The van der Waals surface area contributed by atoms with Crippen LogP contribution in [0.2, 0.25) is 0 Å². The Bertz CT molecular complexity index is 645. The van der Waals surface area contributed by atoms with Crippen LogP contribution >= 0.6 is 31.9 Å². The molecule has 0 bridgehead atoms. The first kappa shape index (κ1) is 16.1. The number of nitrogens with two attached hydrogens (primary N) is 1. The monoisotopic (exact) mass is 412 g/mol. The molecule has 1 atom stereocenters. The third-order valence-electron chi connectivity index (χ3n) is 3.14. The Morgan fingerprint density at radius 3 is 2.33 bits per heavy atom. The van der Waals surface area contributed by atoms with Crippen LogP contribution in [0.15, 0.2) is 51.4 Å². The van der Waals surface area contributed by atoms with Gasteiger partial charge in [-0.3, -0.25) is 10.1 Å². The second-order valence-corrected chi connectivity index (χ2v) is 6.60. The van der Waals surface area contributed by atoms with Crippen LogP contribution in [0.4, 0.5) is 5.69 Å². The molecule has 0 heterocycles. The van der Waals surface area contributed by atoms with Gasteiger partial charge in [-0.2, -0.15) is 0 Å². The molecule has 21 heavy (non-hydrogen) atoms. The number of nitrogens with zero attached hydrogens (tertiary/aromatic N) is 1. The summed E-state index contributed by atoms with van der Waals surface area (Å²) in [5.74, 6) is 0. The molecule has 0 radical (unpaired) electrons. The zero-order valence-corrected chi connectivity index (χ0v) is 14.3. The molecular formula is C15H14Br2N2O2. The summed E-state index contributed by atoms with van der Waals surface area (Å²) in [7, 11) is 0. The highest BCUT2D eigenvalue weighted by Crippen LogP contribution is 2.24. The average Bonchev–Trinajstić information content (AvgIpc) is 2.43. The van der Waals surface area contributed by atoms with Crippen LogP contribution in [0.3, 0.4) is 0 Å². The summed E-state index contributed by atoms with van der Waals surface area (Å²) in [6, 6.07) is 12.8. The lowest BCUT2D eigenvalue weighted by atomic mass is 10.00. The van der Waals surface area contributed by atoms with Crippen LogP contribution in [-0.4, -0.2) is 11.0 Å². The van der Waals surface area contributed by atoms with Crippen LogP contribution in [-0.2, 0) is 12.8 Å². The summed E-state index contributed by atoms with van der Waals surface area (Å²) < 4.78 is 1.76. The predicted molar refractivity (Wildman–Crippen MR) is 90.3 cm³/mol. The molecule has 0 amide bonds. The zero-order valence-electron chi connectivity index (χ0n) is 11.1. The summed E-state index contributed by atoms with van der Waals surface area (Å²) in [5.41, 5.74) is 8.40. The van der Waals surface area contributed by atoms with E-state index in [1.165, 1.54) is 17.7 Å². The molecule has 0 saturated heterocycles. The summed E-state index contributed by atoms with van der Waals surface area (Å²) in [5, 5.41) is 10.7. The topological polar surface area (TPSA) is 69.2 Å². The van der Waals surface area contributed by atoms with E-state index in [0.717, 1.165) is 20.9 Å². The maximum atomic E-state index is 10.7. The lowest BCUT2D eigenvalue weighted by Gasteiger charge is -2.13. The van der Waals surface area contributed by atoms with Crippen LogP contribution in [0.1, 0.15) is 11.1 Å². The van der Waals surface area contributed by atoms with Gasteiger partial charge in [-0.25, -0.2) is 0 Å². The average molecular weight is 414 g/mol. The van der Waals surface area contributed by atoms with E-state index in [9.17, 15) is 10.1 Å². The predicted octanol–water partition coefficient (Wildman–Crippen LogP) is 4.23. The first-order valence-corrected chi connectivity index (χ1v) is 7.97. The van der Waals surface area contributed by atoms with E-state index in [1.54, 1.807) is 6.07 Å². The van der Waals surface area contributed by atoms with Gasteiger partial charge in [0.05, 0.1) is 4.92 Å². The Kier molecular flexibility index (Phi) is 5.50. The molecule has 6 heteroatoms. The second-order valence-electron chi connectivity index (χ2n) is 4.83. The molecule has 2 aromatic carbocycles. The number of halogens is 2. The maximum Gasteiger partial charge on any atom is 0.270 e. The number of rotatable bonds is 5. The number of benzene rings is 2.